The van der Waals surface area contributed by atoms with Gasteiger partial charge in [0.1, 0.15) is 6.04 Å². The minimum Gasteiger partial charge on any atom is -0.354 e. The molecule has 4 rings (SSSR count). The van der Waals surface area contributed by atoms with Gasteiger partial charge in [0.05, 0.1) is 0 Å². The van der Waals surface area contributed by atoms with E-state index in [-0.39, 0.29) is 18.0 Å². The van der Waals surface area contributed by atoms with Crippen LogP contribution in [0.5, 0.6) is 0 Å². The summed E-state index contributed by atoms with van der Waals surface area (Å²) >= 11 is 0. The quantitative estimate of drug-likeness (QED) is 0.714. The van der Waals surface area contributed by atoms with Gasteiger partial charge in [-0.1, -0.05) is 30.2 Å². The number of carbonyl (C=O) groups is 2. The number of rotatable bonds is 5. The summed E-state index contributed by atoms with van der Waals surface area (Å²) in [5.41, 5.74) is 1.83. The number of terminal acetylenes is 1. The zero-order valence-electron chi connectivity index (χ0n) is 18.8. The van der Waals surface area contributed by atoms with Crippen molar-refractivity contribution in [1.82, 2.24) is 20.4 Å². The second-order valence-corrected chi connectivity index (χ2v) is 9.00. The van der Waals surface area contributed by atoms with Gasteiger partial charge >= 0.3 is 6.03 Å². The Bertz CT molecular complexity index is 1020. The zero-order valence-corrected chi connectivity index (χ0v) is 18.8. The van der Waals surface area contributed by atoms with Crippen molar-refractivity contribution in [3.05, 3.63) is 47.5 Å². The van der Waals surface area contributed by atoms with Crippen molar-refractivity contribution < 1.29 is 9.59 Å². The van der Waals surface area contributed by atoms with E-state index in [1.165, 1.54) is 0 Å². The van der Waals surface area contributed by atoms with E-state index in [0.29, 0.717) is 32.0 Å². The molecule has 3 amide bonds. The van der Waals surface area contributed by atoms with Crippen LogP contribution in [0.1, 0.15) is 36.8 Å². The maximum Gasteiger partial charge on any atom is 0.318 e. The number of amides is 3. The number of fused-ring (bicyclic) bond motifs is 1. The fourth-order valence-electron chi connectivity index (χ4n) is 4.77. The van der Waals surface area contributed by atoms with Gasteiger partial charge < -0.3 is 20.4 Å². The Morgan fingerprint density at radius 2 is 1.91 bits per heavy atom. The number of nitrogens with zero attached hydrogens (tertiary/aromatic N) is 2. The molecular weight excluding hydrogens is 400 g/mol. The van der Waals surface area contributed by atoms with Crippen LogP contribution in [0, 0.1) is 18.3 Å². The van der Waals surface area contributed by atoms with Gasteiger partial charge in [0.15, 0.2) is 0 Å². The maximum atomic E-state index is 12.9. The first-order valence-electron chi connectivity index (χ1n) is 11.5. The normalized spacial score (nSPS) is 19.6. The predicted molar refractivity (Wildman–Crippen MR) is 127 cm³/mol. The number of nitrogens with one attached hydrogen (secondary N) is 2. The van der Waals surface area contributed by atoms with Gasteiger partial charge in [0, 0.05) is 25.2 Å². The van der Waals surface area contributed by atoms with Crippen LogP contribution in [0.25, 0.3) is 10.8 Å². The van der Waals surface area contributed by atoms with E-state index in [4.69, 9.17) is 6.42 Å². The van der Waals surface area contributed by atoms with Crippen molar-refractivity contribution in [3.8, 4) is 12.3 Å². The Balaban J connectivity index is 1.34. The molecule has 6 heteroatoms. The Morgan fingerprint density at radius 1 is 1.09 bits per heavy atom. The number of likely N-dealkylation sites (tertiary alicyclic amines) is 2. The molecule has 0 saturated carbocycles. The third kappa shape index (κ3) is 5.05. The highest BCUT2D eigenvalue weighted by molar-refractivity contribution is 5.89. The lowest BCUT2D eigenvalue weighted by molar-refractivity contribution is -0.125. The SMILES string of the molecule is C#Cc1ccc2cccc(CNC(=O)N3CCC[C@H]3C(=O)NCC3CCN(C)CC3)c2c1. The van der Waals surface area contributed by atoms with Crippen LogP contribution in [0.4, 0.5) is 4.79 Å². The van der Waals surface area contributed by atoms with E-state index in [0.717, 1.165) is 54.3 Å². The van der Waals surface area contributed by atoms with Crippen LogP contribution in [-0.2, 0) is 11.3 Å². The monoisotopic (exact) mass is 432 g/mol. The molecule has 0 spiro atoms. The van der Waals surface area contributed by atoms with Crippen molar-refractivity contribution in [2.24, 2.45) is 5.92 Å². The highest BCUT2D eigenvalue weighted by Crippen LogP contribution is 2.22. The first-order valence-corrected chi connectivity index (χ1v) is 11.5. The Morgan fingerprint density at radius 3 is 2.69 bits per heavy atom. The molecule has 2 aliphatic rings. The molecule has 6 nitrogen and oxygen atoms in total. The van der Waals surface area contributed by atoms with Gasteiger partial charge in [-0.3, -0.25) is 4.79 Å². The first kappa shape index (κ1) is 22.2. The second kappa shape index (κ2) is 10.1. The summed E-state index contributed by atoms with van der Waals surface area (Å²) in [5.74, 6) is 3.17. The molecule has 168 valence electrons. The van der Waals surface area contributed by atoms with Gasteiger partial charge in [-0.25, -0.2) is 4.79 Å². The molecule has 0 unspecified atom stereocenters. The third-order valence-electron chi connectivity index (χ3n) is 6.79. The van der Waals surface area contributed by atoms with Crippen LogP contribution in [0.2, 0.25) is 0 Å². The smallest absolute Gasteiger partial charge is 0.318 e. The molecule has 32 heavy (non-hydrogen) atoms. The van der Waals surface area contributed by atoms with Gasteiger partial charge in [-0.2, -0.15) is 0 Å². The average Bonchev–Trinajstić information content (AvgIpc) is 3.32. The minimum absolute atomic E-state index is 0.0274. The van der Waals surface area contributed by atoms with E-state index < -0.39 is 0 Å². The van der Waals surface area contributed by atoms with E-state index >= 15 is 0 Å². The lowest BCUT2D eigenvalue weighted by Crippen LogP contribution is -2.50. The van der Waals surface area contributed by atoms with Crippen molar-refractivity contribution >= 4 is 22.7 Å². The molecule has 0 aliphatic carbocycles. The van der Waals surface area contributed by atoms with Crippen molar-refractivity contribution in [3.63, 3.8) is 0 Å². The zero-order chi connectivity index (χ0) is 22.5. The summed E-state index contributed by atoms with van der Waals surface area (Å²) in [6.45, 7) is 3.86. The van der Waals surface area contributed by atoms with Crippen molar-refractivity contribution in [2.45, 2.75) is 38.3 Å². The fourth-order valence-corrected chi connectivity index (χ4v) is 4.77. The molecule has 2 heterocycles. The molecule has 2 aromatic rings. The van der Waals surface area contributed by atoms with Crippen LogP contribution in [-0.4, -0.2) is 61.0 Å². The molecule has 2 aromatic carbocycles. The topological polar surface area (TPSA) is 64.7 Å². The fraction of sp³-hybridized carbons (Fsp3) is 0.462. The highest BCUT2D eigenvalue weighted by atomic mass is 16.2. The Labute approximate surface area is 190 Å². The molecule has 2 aliphatic heterocycles. The highest BCUT2D eigenvalue weighted by Gasteiger charge is 2.34. The van der Waals surface area contributed by atoms with E-state index in [1.54, 1.807) is 4.90 Å². The second-order valence-electron chi connectivity index (χ2n) is 9.00. The lowest BCUT2D eigenvalue weighted by atomic mass is 9.97. The first-order chi connectivity index (χ1) is 15.5. The molecule has 2 saturated heterocycles. The van der Waals surface area contributed by atoms with E-state index in [2.05, 4.69) is 28.5 Å². The van der Waals surface area contributed by atoms with Gasteiger partial charge in [0.25, 0.3) is 0 Å². The van der Waals surface area contributed by atoms with Gasteiger partial charge in [-0.15, -0.1) is 6.42 Å². The molecular formula is C26H32N4O2. The third-order valence-corrected chi connectivity index (χ3v) is 6.79. The summed E-state index contributed by atoms with van der Waals surface area (Å²) in [7, 11) is 2.14. The van der Waals surface area contributed by atoms with E-state index in [1.807, 2.05) is 36.4 Å². The van der Waals surface area contributed by atoms with E-state index in [9.17, 15) is 9.59 Å². The maximum absolute atomic E-state index is 12.9. The number of carbonyl (C=O) groups excluding carboxylic acids is 2. The lowest BCUT2D eigenvalue weighted by Gasteiger charge is -2.30. The Kier molecular flexibility index (Phi) is 6.96. The number of hydrogen-bond donors (Lipinski definition) is 2. The summed E-state index contributed by atoms with van der Waals surface area (Å²) in [6, 6.07) is 11.3. The van der Waals surface area contributed by atoms with Crippen molar-refractivity contribution in [1.29, 1.82) is 0 Å². The molecule has 1 atom stereocenters. The number of benzene rings is 2. The van der Waals surface area contributed by atoms with Crippen LogP contribution < -0.4 is 10.6 Å². The van der Waals surface area contributed by atoms with Crippen LogP contribution >= 0.6 is 0 Å². The van der Waals surface area contributed by atoms with Crippen molar-refractivity contribution in [2.75, 3.05) is 33.2 Å². The standard InChI is InChI=1S/C26H32N4O2/c1-3-19-9-10-21-6-4-7-22(23(21)16-19)18-28-26(32)30-13-5-8-24(30)25(31)27-17-20-11-14-29(2)15-12-20/h1,4,6-7,9-10,16,20,24H,5,8,11-15,17-18H2,2H3,(H,27,31)(H,28,32)/t24-/m0/s1. The summed E-state index contributed by atoms with van der Waals surface area (Å²) in [6.07, 6.45) is 9.33. The summed E-state index contributed by atoms with van der Waals surface area (Å²) in [5, 5.41) is 8.25. The Hall–Kier alpha value is -3.04. The van der Waals surface area contributed by atoms with Crippen LogP contribution in [0.15, 0.2) is 36.4 Å². The van der Waals surface area contributed by atoms with Gasteiger partial charge in [0.2, 0.25) is 5.91 Å². The molecule has 2 N–H and O–H groups in total. The van der Waals surface area contributed by atoms with Crippen LogP contribution in [0.3, 0.4) is 0 Å². The summed E-state index contributed by atoms with van der Waals surface area (Å²) < 4.78 is 0. The minimum atomic E-state index is -0.387. The molecule has 0 radical (unpaired) electrons. The molecule has 0 bridgehead atoms. The number of hydrogen-bond acceptors (Lipinski definition) is 3. The van der Waals surface area contributed by atoms with Gasteiger partial charge in [-0.05, 0) is 80.2 Å². The average molecular weight is 433 g/mol. The predicted octanol–water partition coefficient (Wildman–Crippen LogP) is 2.95. The molecule has 2 fully saturated rings. The number of urea groups is 1. The molecule has 0 aromatic heterocycles. The largest absolute Gasteiger partial charge is 0.354 e. The number of piperidine rings is 1. The summed E-state index contributed by atoms with van der Waals surface area (Å²) in [4.78, 5) is 29.8.